The molecule has 5 rings (SSSR count). The maximum atomic E-state index is 12.1. The minimum absolute atomic E-state index is 0.0189. The molecule has 47 heavy (non-hydrogen) atoms. The number of likely N-dealkylation sites (tertiary alicyclic amines) is 1. The van der Waals surface area contributed by atoms with E-state index < -0.39 is 6.09 Å². The number of anilines is 1. The van der Waals surface area contributed by atoms with E-state index in [0.29, 0.717) is 45.6 Å². The highest BCUT2D eigenvalue weighted by molar-refractivity contribution is 5.94. The number of hydrogen-bond acceptors (Lipinski definition) is 6. The first-order valence-corrected chi connectivity index (χ1v) is 16.9. The molecule has 3 unspecified atom stereocenters. The number of ether oxygens (including phenoxy) is 4. The van der Waals surface area contributed by atoms with E-state index in [9.17, 15) is 14.7 Å². The van der Waals surface area contributed by atoms with E-state index in [2.05, 4.69) is 48.6 Å². The quantitative estimate of drug-likeness (QED) is 0.157. The van der Waals surface area contributed by atoms with Gasteiger partial charge in [-0.25, -0.2) is 4.79 Å². The lowest BCUT2D eigenvalue weighted by Crippen LogP contribution is -2.46. The zero-order valence-electron chi connectivity index (χ0n) is 27.6. The van der Waals surface area contributed by atoms with Gasteiger partial charge in [0.2, 0.25) is 5.91 Å². The molecule has 0 aliphatic carbocycles. The molecule has 2 heterocycles. The predicted molar refractivity (Wildman–Crippen MR) is 182 cm³/mol. The summed E-state index contributed by atoms with van der Waals surface area (Å²) < 4.78 is 24.1. The standard InChI is InChI=1S/C38H48N2O7/c1-3-27-8-15-31(16-9-27)45-23-4-5-24-46-32-17-12-28(13-18-32)33-20-21-40(38(42)43)26-36(33)47-35(7-6-22-44-2)30-11-10-29-14-19-37(41)39-34(29)25-30/h8-13,15-18,25,33,35-36H,3-7,14,19-24,26H2,1-2H3,(H,39,41)(H,42,43). The topological polar surface area (TPSA) is 107 Å². The third kappa shape index (κ3) is 9.72. The number of nitrogens with zero attached hydrogens (tertiary/aromatic N) is 1. The van der Waals surface area contributed by atoms with E-state index in [1.807, 2.05) is 30.3 Å². The summed E-state index contributed by atoms with van der Waals surface area (Å²) in [4.78, 5) is 25.5. The van der Waals surface area contributed by atoms with Crippen LogP contribution >= 0.6 is 0 Å². The first-order chi connectivity index (χ1) is 22.9. The van der Waals surface area contributed by atoms with Crippen molar-refractivity contribution >= 4 is 17.7 Å². The Balaban J connectivity index is 1.20. The molecule has 0 radical (unpaired) electrons. The summed E-state index contributed by atoms with van der Waals surface area (Å²) in [6.45, 7) is 4.72. The fourth-order valence-corrected chi connectivity index (χ4v) is 6.35. The van der Waals surface area contributed by atoms with Crippen LogP contribution in [0, 0.1) is 0 Å². The van der Waals surface area contributed by atoms with Crippen LogP contribution < -0.4 is 14.8 Å². The number of carbonyl (C=O) groups is 2. The maximum Gasteiger partial charge on any atom is 0.407 e. The Morgan fingerprint density at radius 2 is 1.64 bits per heavy atom. The predicted octanol–water partition coefficient (Wildman–Crippen LogP) is 7.39. The Kier molecular flexibility index (Phi) is 12.5. The van der Waals surface area contributed by atoms with Gasteiger partial charge in [-0.15, -0.1) is 0 Å². The van der Waals surface area contributed by atoms with Crippen LogP contribution in [-0.4, -0.2) is 68.1 Å². The minimum atomic E-state index is -0.937. The lowest BCUT2D eigenvalue weighted by atomic mass is 9.86. The number of carboxylic acid groups (broad SMARTS) is 1. The number of piperidine rings is 1. The first kappa shape index (κ1) is 34.3. The van der Waals surface area contributed by atoms with Gasteiger partial charge in [0, 0.05) is 38.3 Å². The number of amides is 2. The van der Waals surface area contributed by atoms with E-state index in [4.69, 9.17) is 18.9 Å². The lowest BCUT2D eigenvalue weighted by molar-refractivity contribution is -0.116. The highest BCUT2D eigenvalue weighted by Crippen LogP contribution is 2.37. The molecule has 0 spiro atoms. The van der Waals surface area contributed by atoms with Gasteiger partial charge in [-0.2, -0.15) is 0 Å². The van der Waals surface area contributed by atoms with Crippen LogP contribution in [0.4, 0.5) is 10.5 Å². The third-order valence-electron chi connectivity index (χ3n) is 9.10. The van der Waals surface area contributed by atoms with Crippen LogP contribution in [0.5, 0.6) is 11.5 Å². The van der Waals surface area contributed by atoms with Gasteiger partial charge in [0.1, 0.15) is 11.5 Å². The second kappa shape index (κ2) is 17.2. The molecule has 0 aromatic heterocycles. The number of carbonyl (C=O) groups excluding carboxylic acids is 1. The minimum Gasteiger partial charge on any atom is -0.494 e. The van der Waals surface area contributed by atoms with Crippen molar-refractivity contribution in [2.45, 2.75) is 76.4 Å². The van der Waals surface area contributed by atoms with Gasteiger partial charge < -0.3 is 34.3 Å². The fraction of sp³-hybridized carbons (Fsp3) is 0.474. The first-order valence-electron chi connectivity index (χ1n) is 16.9. The zero-order chi connectivity index (χ0) is 33.0. The largest absolute Gasteiger partial charge is 0.494 e. The summed E-state index contributed by atoms with van der Waals surface area (Å²) in [5.74, 6) is 1.74. The highest BCUT2D eigenvalue weighted by Gasteiger charge is 2.35. The molecular formula is C38H48N2O7. The average molecular weight is 645 g/mol. The van der Waals surface area contributed by atoms with Gasteiger partial charge in [-0.3, -0.25) is 4.79 Å². The van der Waals surface area contributed by atoms with E-state index in [0.717, 1.165) is 66.0 Å². The fourth-order valence-electron chi connectivity index (χ4n) is 6.35. The van der Waals surface area contributed by atoms with E-state index in [-0.39, 0.29) is 30.6 Å². The highest BCUT2D eigenvalue weighted by atomic mass is 16.5. The molecule has 0 bridgehead atoms. The molecule has 2 aliphatic heterocycles. The number of rotatable bonds is 16. The molecular weight excluding hydrogens is 596 g/mol. The molecule has 1 saturated heterocycles. The van der Waals surface area contributed by atoms with Crippen molar-refractivity contribution in [1.82, 2.24) is 4.90 Å². The number of unbranched alkanes of at least 4 members (excludes halogenated alkanes) is 1. The van der Waals surface area contributed by atoms with Gasteiger partial charge in [-0.05, 0) is 97.5 Å². The molecule has 2 amide bonds. The summed E-state index contributed by atoms with van der Waals surface area (Å²) in [5.41, 5.74) is 5.32. The normalized spacial score (nSPS) is 18.3. The molecule has 9 heteroatoms. The van der Waals surface area contributed by atoms with Gasteiger partial charge in [0.05, 0.1) is 32.0 Å². The molecule has 3 atom stereocenters. The van der Waals surface area contributed by atoms with Crippen molar-refractivity contribution in [3.05, 3.63) is 89.0 Å². The number of aryl methyl sites for hydroxylation is 2. The number of benzene rings is 3. The van der Waals surface area contributed by atoms with Crippen molar-refractivity contribution in [2.75, 3.05) is 45.3 Å². The SMILES string of the molecule is CCc1ccc(OCCCCOc2ccc(C3CCN(C(=O)O)CC3OC(CCCOC)c3ccc4c(c3)NC(=O)CC4)cc2)cc1. The van der Waals surface area contributed by atoms with Crippen molar-refractivity contribution in [3.8, 4) is 11.5 Å². The second-order valence-electron chi connectivity index (χ2n) is 12.4. The number of hydrogen-bond donors (Lipinski definition) is 2. The number of methoxy groups -OCH3 is 1. The zero-order valence-corrected chi connectivity index (χ0v) is 27.6. The van der Waals surface area contributed by atoms with Crippen LogP contribution in [0.2, 0.25) is 0 Å². The molecule has 252 valence electrons. The number of nitrogens with one attached hydrogen (secondary N) is 1. The second-order valence-corrected chi connectivity index (χ2v) is 12.4. The maximum absolute atomic E-state index is 12.1. The molecule has 9 nitrogen and oxygen atoms in total. The van der Waals surface area contributed by atoms with Crippen LogP contribution in [0.25, 0.3) is 0 Å². The summed E-state index contributed by atoms with van der Waals surface area (Å²) in [6, 6.07) is 22.5. The van der Waals surface area contributed by atoms with Gasteiger partial charge in [-0.1, -0.05) is 43.3 Å². The van der Waals surface area contributed by atoms with Gasteiger partial charge >= 0.3 is 6.09 Å². The Bertz CT molecular complexity index is 1440. The molecule has 2 aliphatic rings. The van der Waals surface area contributed by atoms with Crippen molar-refractivity contribution in [2.24, 2.45) is 0 Å². The van der Waals surface area contributed by atoms with Crippen molar-refractivity contribution < 1.29 is 33.6 Å². The summed E-state index contributed by atoms with van der Waals surface area (Å²) in [7, 11) is 1.68. The molecule has 2 N–H and O–H groups in total. The van der Waals surface area contributed by atoms with Crippen molar-refractivity contribution in [3.63, 3.8) is 0 Å². The summed E-state index contributed by atoms with van der Waals surface area (Å²) in [6.07, 6.45) is 4.60. The van der Waals surface area contributed by atoms with Gasteiger partial charge in [0.15, 0.2) is 0 Å². The van der Waals surface area contributed by atoms with Gasteiger partial charge in [0.25, 0.3) is 0 Å². The van der Waals surface area contributed by atoms with Crippen LogP contribution in [0.3, 0.4) is 0 Å². The Labute approximate surface area is 278 Å². The monoisotopic (exact) mass is 644 g/mol. The van der Waals surface area contributed by atoms with E-state index in [1.165, 1.54) is 10.5 Å². The Morgan fingerprint density at radius 3 is 2.30 bits per heavy atom. The summed E-state index contributed by atoms with van der Waals surface area (Å²) in [5, 5.41) is 12.8. The van der Waals surface area contributed by atoms with Crippen molar-refractivity contribution in [1.29, 1.82) is 0 Å². The average Bonchev–Trinajstić information content (AvgIpc) is 3.09. The third-order valence-corrected chi connectivity index (χ3v) is 9.10. The van der Waals surface area contributed by atoms with Crippen LogP contribution in [-0.2, 0) is 27.1 Å². The molecule has 3 aromatic carbocycles. The number of fused-ring (bicyclic) bond motifs is 1. The van der Waals surface area contributed by atoms with Crippen LogP contribution in [0.15, 0.2) is 66.7 Å². The van der Waals surface area contributed by atoms with E-state index >= 15 is 0 Å². The summed E-state index contributed by atoms with van der Waals surface area (Å²) >= 11 is 0. The van der Waals surface area contributed by atoms with Crippen LogP contribution in [0.1, 0.15) is 79.7 Å². The molecule has 3 aromatic rings. The van der Waals surface area contributed by atoms with E-state index in [1.54, 1.807) is 7.11 Å². The Hall–Kier alpha value is -4.08. The molecule has 0 saturated carbocycles. The Morgan fingerprint density at radius 1 is 0.936 bits per heavy atom. The molecule has 1 fully saturated rings. The lowest BCUT2D eigenvalue weighted by Gasteiger charge is -2.39. The smallest absolute Gasteiger partial charge is 0.407 e.